The molecule has 0 heterocycles. The van der Waals surface area contributed by atoms with Crippen LogP contribution in [-0.2, 0) is 5.88 Å². The molecule has 1 nitrogen and oxygen atoms in total. The van der Waals surface area contributed by atoms with Gasteiger partial charge in [0.1, 0.15) is 0 Å². The second kappa shape index (κ2) is 3.05. The zero-order valence-electron chi connectivity index (χ0n) is 5.44. The Kier molecular flexibility index (Phi) is 2.29. The molecule has 0 saturated heterocycles. The van der Waals surface area contributed by atoms with Crippen molar-refractivity contribution in [2.45, 2.75) is 5.88 Å². The summed E-state index contributed by atoms with van der Waals surface area (Å²) in [4.78, 5) is 0. The third-order valence-corrected chi connectivity index (χ3v) is 1.58. The van der Waals surface area contributed by atoms with E-state index in [2.05, 4.69) is 0 Å². The van der Waals surface area contributed by atoms with E-state index in [1.165, 1.54) is 6.07 Å². The van der Waals surface area contributed by atoms with Crippen LogP contribution < -0.4 is 0 Å². The van der Waals surface area contributed by atoms with Crippen molar-refractivity contribution in [1.82, 2.24) is 0 Å². The van der Waals surface area contributed by atoms with E-state index in [0.29, 0.717) is 0 Å². The van der Waals surface area contributed by atoms with Crippen LogP contribution >= 0.6 is 11.6 Å². The van der Waals surface area contributed by atoms with E-state index in [0.717, 1.165) is 6.07 Å². The fraction of sp³-hybridized carbons (Fsp3) is 0.143. The van der Waals surface area contributed by atoms with Gasteiger partial charge in [-0.3, -0.25) is 0 Å². The summed E-state index contributed by atoms with van der Waals surface area (Å²) in [6.07, 6.45) is 0. The normalized spacial score (nSPS) is 10.1. The minimum atomic E-state index is -0.986. The molecular formula is C7H5ClF2O. The molecule has 0 aromatic heterocycles. The highest BCUT2D eigenvalue weighted by Crippen LogP contribution is 2.23. The number of aromatic hydroxyl groups is 1. The number of phenolic OH excluding ortho intramolecular Hbond substituents is 1. The van der Waals surface area contributed by atoms with E-state index in [1.807, 2.05) is 0 Å². The van der Waals surface area contributed by atoms with Crippen molar-refractivity contribution < 1.29 is 13.9 Å². The summed E-state index contributed by atoms with van der Waals surface area (Å²) < 4.78 is 25.1. The zero-order valence-corrected chi connectivity index (χ0v) is 6.20. The van der Waals surface area contributed by atoms with Crippen LogP contribution in [0.5, 0.6) is 5.75 Å². The van der Waals surface area contributed by atoms with Gasteiger partial charge in [0.05, 0.1) is 5.88 Å². The smallest absolute Gasteiger partial charge is 0.188 e. The Morgan fingerprint density at radius 3 is 2.55 bits per heavy atom. The first-order valence-electron chi connectivity index (χ1n) is 2.88. The molecule has 0 spiro atoms. The van der Waals surface area contributed by atoms with E-state index in [9.17, 15) is 8.78 Å². The lowest BCUT2D eigenvalue weighted by Crippen LogP contribution is -1.89. The average molecular weight is 179 g/mol. The van der Waals surface area contributed by atoms with Crippen molar-refractivity contribution in [3.63, 3.8) is 0 Å². The molecule has 1 N–H and O–H groups in total. The molecule has 0 aliphatic heterocycles. The molecule has 0 amide bonds. The maximum absolute atomic E-state index is 12.7. The predicted octanol–water partition coefficient (Wildman–Crippen LogP) is 2.41. The molecule has 1 aromatic rings. The molecule has 1 rings (SSSR count). The summed E-state index contributed by atoms with van der Waals surface area (Å²) in [6.45, 7) is 0. The number of rotatable bonds is 1. The third-order valence-electron chi connectivity index (χ3n) is 1.29. The molecule has 0 bridgehead atoms. The van der Waals surface area contributed by atoms with Gasteiger partial charge >= 0.3 is 0 Å². The summed E-state index contributed by atoms with van der Waals surface area (Å²) in [5.74, 6) is -3.01. The minimum Gasteiger partial charge on any atom is -0.503 e. The molecule has 60 valence electrons. The van der Waals surface area contributed by atoms with Crippen molar-refractivity contribution in [2.75, 3.05) is 0 Å². The Morgan fingerprint density at radius 2 is 2.00 bits per heavy atom. The van der Waals surface area contributed by atoms with Gasteiger partial charge in [-0.25, -0.2) is 8.78 Å². The summed E-state index contributed by atoms with van der Waals surface area (Å²) in [5.41, 5.74) is 0.0885. The number of alkyl halides is 1. The third kappa shape index (κ3) is 1.43. The van der Waals surface area contributed by atoms with Gasteiger partial charge in [0.2, 0.25) is 0 Å². The van der Waals surface area contributed by atoms with E-state index >= 15 is 0 Å². The lowest BCUT2D eigenvalue weighted by molar-refractivity contribution is 0.394. The first-order valence-corrected chi connectivity index (χ1v) is 3.42. The zero-order chi connectivity index (χ0) is 8.43. The second-order valence-electron chi connectivity index (χ2n) is 2.00. The number of hydrogen-bond donors (Lipinski definition) is 1. The lowest BCUT2D eigenvalue weighted by atomic mass is 10.2. The molecule has 4 heteroatoms. The van der Waals surface area contributed by atoms with E-state index < -0.39 is 17.4 Å². The van der Waals surface area contributed by atoms with Crippen LogP contribution in [0.15, 0.2) is 12.1 Å². The Labute approximate surface area is 67.2 Å². The highest BCUT2D eigenvalue weighted by molar-refractivity contribution is 6.17. The molecule has 0 radical (unpaired) electrons. The molecule has 0 saturated carbocycles. The fourth-order valence-electron chi connectivity index (χ4n) is 0.686. The second-order valence-corrected chi connectivity index (χ2v) is 2.27. The fourth-order valence-corrected chi connectivity index (χ4v) is 0.892. The van der Waals surface area contributed by atoms with Crippen LogP contribution in [0.3, 0.4) is 0 Å². The van der Waals surface area contributed by atoms with Crippen LogP contribution in [-0.4, -0.2) is 5.11 Å². The Hall–Kier alpha value is -0.830. The van der Waals surface area contributed by atoms with E-state index in [1.54, 1.807) is 0 Å². The summed E-state index contributed by atoms with van der Waals surface area (Å²) in [6, 6.07) is 2.16. The molecule has 0 unspecified atom stereocenters. The van der Waals surface area contributed by atoms with Crippen LogP contribution in [0.4, 0.5) is 8.78 Å². The largest absolute Gasteiger partial charge is 0.503 e. The topological polar surface area (TPSA) is 20.2 Å². The van der Waals surface area contributed by atoms with Crippen LogP contribution in [0, 0.1) is 11.6 Å². The van der Waals surface area contributed by atoms with Crippen molar-refractivity contribution in [3.8, 4) is 5.75 Å². The molecule has 0 fully saturated rings. The van der Waals surface area contributed by atoms with Crippen LogP contribution in [0.1, 0.15) is 5.56 Å². The molecule has 0 atom stereocenters. The minimum absolute atomic E-state index is 0.0837. The van der Waals surface area contributed by atoms with Gasteiger partial charge in [-0.2, -0.15) is 0 Å². The van der Waals surface area contributed by atoms with Crippen LogP contribution in [0.25, 0.3) is 0 Å². The molecule has 0 aliphatic carbocycles. The van der Waals surface area contributed by atoms with Crippen molar-refractivity contribution in [1.29, 1.82) is 0 Å². The van der Waals surface area contributed by atoms with Gasteiger partial charge in [0.25, 0.3) is 0 Å². The Bertz CT molecular complexity index is 275. The molecule has 11 heavy (non-hydrogen) atoms. The number of hydrogen-bond acceptors (Lipinski definition) is 1. The molecular weight excluding hydrogens is 174 g/mol. The molecule has 1 aromatic carbocycles. The number of phenols is 1. The summed E-state index contributed by atoms with van der Waals surface area (Å²) in [5, 5.41) is 8.71. The highest BCUT2D eigenvalue weighted by atomic mass is 35.5. The van der Waals surface area contributed by atoms with Gasteiger partial charge in [-0.1, -0.05) is 6.07 Å². The van der Waals surface area contributed by atoms with Crippen molar-refractivity contribution in [2.24, 2.45) is 0 Å². The lowest BCUT2D eigenvalue weighted by Gasteiger charge is -2.00. The first-order chi connectivity index (χ1) is 5.16. The van der Waals surface area contributed by atoms with Gasteiger partial charge in [-0.15, -0.1) is 11.6 Å². The summed E-state index contributed by atoms with van der Waals surface area (Å²) in [7, 11) is 0. The Morgan fingerprint density at radius 1 is 1.36 bits per heavy atom. The summed E-state index contributed by atoms with van der Waals surface area (Å²) >= 11 is 5.28. The van der Waals surface area contributed by atoms with Gasteiger partial charge in [0, 0.05) is 5.56 Å². The Balaban J connectivity index is 3.25. The van der Waals surface area contributed by atoms with Gasteiger partial charge < -0.3 is 5.11 Å². The number of benzene rings is 1. The first kappa shape index (κ1) is 8.27. The quantitative estimate of drug-likeness (QED) is 0.655. The SMILES string of the molecule is Oc1c(F)ccc(CCl)c1F. The highest BCUT2D eigenvalue weighted by Gasteiger charge is 2.10. The maximum Gasteiger partial charge on any atom is 0.188 e. The standard InChI is InChI=1S/C7H5ClF2O/c8-3-4-1-2-5(9)7(11)6(4)10/h1-2,11H,3H2. The molecule has 0 aliphatic rings. The average Bonchev–Trinajstić information content (AvgIpc) is 2.01. The number of halogens is 3. The van der Waals surface area contributed by atoms with Gasteiger partial charge in [0.15, 0.2) is 17.4 Å². The van der Waals surface area contributed by atoms with E-state index in [4.69, 9.17) is 16.7 Å². The predicted molar refractivity (Wildman–Crippen MR) is 37.6 cm³/mol. The van der Waals surface area contributed by atoms with Crippen LogP contribution in [0.2, 0.25) is 0 Å². The van der Waals surface area contributed by atoms with Crippen molar-refractivity contribution >= 4 is 11.6 Å². The van der Waals surface area contributed by atoms with Gasteiger partial charge in [-0.05, 0) is 6.07 Å². The monoisotopic (exact) mass is 178 g/mol. The van der Waals surface area contributed by atoms with Crippen molar-refractivity contribution in [3.05, 3.63) is 29.3 Å². The van der Waals surface area contributed by atoms with E-state index in [-0.39, 0.29) is 11.4 Å². The maximum atomic E-state index is 12.7.